The van der Waals surface area contributed by atoms with Gasteiger partial charge in [0.25, 0.3) is 0 Å². The highest BCUT2D eigenvalue weighted by Gasteiger charge is 2.32. The van der Waals surface area contributed by atoms with Crippen LogP contribution in [0.4, 0.5) is 23.2 Å². The minimum atomic E-state index is -4.85. The van der Waals surface area contributed by atoms with Crippen LogP contribution in [0.5, 0.6) is 11.5 Å². The zero-order chi connectivity index (χ0) is 19.9. The number of anilines is 1. The van der Waals surface area contributed by atoms with Gasteiger partial charge in [-0.05, 0) is 36.4 Å². The Labute approximate surface area is 175 Å². The third kappa shape index (κ3) is 8.61. The zero-order valence-electron chi connectivity index (χ0n) is 14.3. The number of nitrogens with two attached hydrogens (primary N) is 1. The molecule has 0 bridgehead atoms. The van der Waals surface area contributed by atoms with E-state index < -0.39 is 24.0 Å². The van der Waals surface area contributed by atoms with E-state index >= 15 is 0 Å². The number of hydrogen-bond donors (Lipinski definition) is 3. The summed E-state index contributed by atoms with van der Waals surface area (Å²) >= 11 is 0. The summed E-state index contributed by atoms with van der Waals surface area (Å²) < 4.78 is 59.1. The first-order chi connectivity index (χ1) is 12.7. The second-order valence-corrected chi connectivity index (χ2v) is 5.31. The molecule has 2 aromatic rings. The molecule has 11 heteroatoms. The molecule has 0 aliphatic rings. The summed E-state index contributed by atoms with van der Waals surface area (Å²) in [5.74, 6) is -0.734. The Morgan fingerprint density at radius 1 is 1.14 bits per heavy atom. The maximum absolute atomic E-state index is 12.8. The van der Waals surface area contributed by atoms with Crippen LogP contribution >= 0.6 is 24.0 Å². The number of nitrogens with one attached hydrogen (secondary N) is 1. The van der Waals surface area contributed by atoms with Crippen LogP contribution in [-0.4, -0.2) is 36.7 Å². The summed E-state index contributed by atoms with van der Waals surface area (Å²) in [5, 5.41) is 12.3. The average molecular weight is 515 g/mol. The van der Waals surface area contributed by atoms with Crippen molar-refractivity contribution in [2.45, 2.75) is 12.5 Å². The van der Waals surface area contributed by atoms with Gasteiger partial charge in [-0.3, -0.25) is 4.99 Å². The highest BCUT2D eigenvalue weighted by molar-refractivity contribution is 14.0. The van der Waals surface area contributed by atoms with Gasteiger partial charge in [-0.15, -0.1) is 37.1 Å². The fourth-order valence-corrected chi connectivity index (χ4v) is 1.94. The molecule has 4 N–H and O–H groups in total. The normalized spacial score (nSPS) is 12.7. The van der Waals surface area contributed by atoms with E-state index in [9.17, 15) is 22.7 Å². The lowest BCUT2D eigenvalue weighted by atomic mass is 10.3. The van der Waals surface area contributed by atoms with Crippen LogP contribution in [0, 0.1) is 5.82 Å². The molecule has 0 aliphatic heterocycles. The molecule has 0 aromatic heterocycles. The number of halogens is 5. The summed E-state index contributed by atoms with van der Waals surface area (Å²) in [6.07, 6.45) is -5.88. The van der Waals surface area contributed by atoms with E-state index in [4.69, 9.17) is 10.5 Å². The fourth-order valence-electron chi connectivity index (χ4n) is 1.94. The van der Waals surface area contributed by atoms with Crippen molar-refractivity contribution in [3.8, 4) is 11.5 Å². The standard InChI is InChI=1S/C17H17F4N3O3.HI/c18-11-5-7-13(8-6-11)26-10-12(25)9-23-16(22)24-14-3-1-2-4-15(14)27-17(19,20)21;/h1-8,12,25H,9-10H2,(H3,22,23,24);1H. The number of benzene rings is 2. The highest BCUT2D eigenvalue weighted by atomic mass is 127. The Balaban J connectivity index is 0.00000392. The molecule has 0 amide bonds. The van der Waals surface area contributed by atoms with Crippen LogP contribution < -0.4 is 20.5 Å². The number of ether oxygens (including phenoxy) is 2. The maximum atomic E-state index is 12.8. The van der Waals surface area contributed by atoms with Crippen molar-refractivity contribution in [1.82, 2.24) is 0 Å². The molecule has 6 nitrogen and oxygen atoms in total. The van der Waals surface area contributed by atoms with Gasteiger partial charge in [0, 0.05) is 0 Å². The maximum Gasteiger partial charge on any atom is 0.573 e. The summed E-state index contributed by atoms with van der Waals surface area (Å²) in [5.41, 5.74) is 5.58. The van der Waals surface area contributed by atoms with Gasteiger partial charge >= 0.3 is 6.36 Å². The number of alkyl halides is 3. The van der Waals surface area contributed by atoms with Gasteiger partial charge in [-0.25, -0.2) is 4.39 Å². The predicted molar refractivity (Wildman–Crippen MR) is 107 cm³/mol. The smallest absolute Gasteiger partial charge is 0.491 e. The number of hydrogen-bond acceptors (Lipinski definition) is 4. The molecule has 0 saturated carbocycles. The van der Waals surface area contributed by atoms with E-state index in [0.29, 0.717) is 5.75 Å². The first kappa shape index (κ1) is 23.8. The second kappa shape index (κ2) is 10.9. The van der Waals surface area contributed by atoms with Gasteiger partial charge in [0.05, 0.1) is 12.2 Å². The third-order valence-electron chi connectivity index (χ3n) is 3.10. The predicted octanol–water partition coefficient (Wildman–Crippen LogP) is 3.51. The molecule has 0 aliphatic carbocycles. The van der Waals surface area contributed by atoms with Crippen molar-refractivity contribution in [3.63, 3.8) is 0 Å². The summed E-state index contributed by atoms with van der Waals surface area (Å²) in [6.45, 7) is -0.293. The Hall–Kier alpha value is -2.28. The minimum absolute atomic E-state index is 0. The molecule has 1 unspecified atom stereocenters. The van der Waals surface area contributed by atoms with E-state index in [1.54, 1.807) is 0 Å². The van der Waals surface area contributed by atoms with Crippen molar-refractivity contribution in [2.75, 3.05) is 18.5 Å². The van der Waals surface area contributed by atoms with E-state index in [-0.39, 0.29) is 48.8 Å². The Kier molecular flexibility index (Phi) is 9.25. The van der Waals surface area contributed by atoms with Gasteiger partial charge in [0.2, 0.25) is 0 Å². The Morgan fingerprint density at radius 3 is 2.43 bits per heavy atom. The summed E-state index contributed by atoms with van der Waals surface area (Å²) in [7, 11) is 0. The van der Waals surface area contributed by atoms with Crippen LogP contribution in [0.1, 0.15) is 0 Å². The van der Waals surface area contributed by atoms with Crippen molar-refractivity contribution in [1.29, 1.82) is 0 Å². The number of guanidine groups is 1. The molecular weight excluding hydrogens is 497 g/mol. The van der Waals surface area contributed by atoms with Crippen LogP contribution in [-0.2, 0) is 0 Å². The SMILES string of the molecule is I.NC(=NCC(O)COc1ccc(F)cc1)Nc1ccccc1OC(F)(F)F. The first-order valence-electron chi connectivity index (χ1n) is 7.71. The number of aliphatic hydroxyl groups is 1. The van der Waals surface area contributed by atoms with Crippen molar-refractivity contribution in [2.24, 2.45) is 10.7 Å². The number of aliphatic imine (C=N–C) groups is 1. The fraction of sp³-hybridized carbons (Fsp3) is 0.235. The molecule has 28 heavy (non-hydrogen) atoms. The molecule has 154 valence electrons. The number of nitrogens with zero attached hydrogens (tertiary/aromatic N) is 1. The quantitative estimate of drug-likeness (QED) is 0.228. The summed E-state index contributed by atoms with van der Waals surface area (Å²) in [6, 6.07) is 10.5. The minimum Gasteiger partial charge on any atom is -0.491 e. The molecule has 2 rings (SSSR count). The molecule has 0 saturated heterocycles. The second-order valence-electron chi connectivity index (χ2n) is 5.31. The van der Waals surface area contributed by atoms with E-state index in [0.717, 1.165) is 6.07 Å². The van der Waals surface area contributed by atoms with Crippen molar-refractivity contribution >= 4 is 35.6 Å². The number of para-hydroxylation sites is 2. The summed E-state index contributed by atoms with van der Waals surface area (Å²) in [4.78, 5) is 3.84. The largest absolute Gasteiger partial charge is 0.573 e. The van der Waals surface area contributed by atoms with Gasteiger partial charge in [0.15, 0.2) is 11.7 Å². The van der Waals surface area contributed by atoms with Crippen molar-refractivity contribution < 1.29 is 32.1 Å². The van der Waals surface area contributed by atoms with Crippen LogP contribution in [0.25, 0.3) is 0 Å². The van der Waals surface area contributed by atoms with Gasteiger partial charge in [-0.1, -0.05) is 12.1 Å². The van der Waals surface area contributed by atoms with Crippen LogP contribution in [0.15, 0.2) is 53.5 Å². The van der Waals surface area contributed by atoms with Crippen LogP contribution in [0.2, 0.25) is 0 Å². The van der Waals surface area contributed by atoms with E-state index in [1.807, 2.05) is 0 Å². The Bertz CT molecular complexity index is 773. The lowest BCUT2D eigenvalue weighted by Gasteiger charge is -2.14. The molecule has 0 radical (unpaired) electrons. The van der Waals surface area contributed by atoms with Crippen LogP contribution in [0.3, 0.4) is 0 Å². The first-order valence-corrected chi connectivity index (χ1v) is 7.71. The highest BCUT2D eigenvalue weighted by Crippen LogP contribution is 2.29. The van der Waals surface area contributed by atoms with E-state index in [1.165, 1.54) is 42.5 Å². The van der Waals surface area contributed by atoms with Gasteiger partial charge in [-0.2, -0.15) is 0 Å². The van der Waals surface area contributed by atoms with Crippen molar-refractivity contribution in [3.05, 3.63) is 54.3 Å². The lowest BCUT2D eigenvalue weighted by molar-refractivity contribution is -0.274. The molecule has 2 aromatic carbocycles. The number of rotatable bonds is 7. The van der Waals surface area contributed by atoms with Gasteiger partial charge in [0.1, 0.15) is 24.3 Å². The molecule has 1 atom stereocenters. The monoisotopic (exact) mass is 515 g/mol. The number of aliphatic hydroxyl groups excluding tert-OH is 1. The zero-order valence-corrected chi connectivity index (χ0v) is 16.6. The molecule has 0 heterocycles. The molecule has 0 fully saturated rings. The molecule has 0 spiro atoms. The van der Waals surface area contributed by atoms with E-state index in [2.05, 4.69) is 15.0 Å². The lowest BCUT2D eigenvalue weighted by Crippen LogP contribution is -2.27. The average Bonchev–Trinajstić information content (AvgIpc) is 2.60. The third-order valence-corrected chi connectivity index (χ3v) is 3.10. The van der Waals surface area contributed by atoms with Gasteiger partial charge < -0.3 is 25.6 Å². The topological polar surface area (TPSA) is 89.1 Å². The Morgan fingerprint density at radius 2 is 1.79 bits per heavy atom. The molecular formula is C17H18F4IN3O3.